The number of hydrogen-bond donors (Lipinski definition) is 2. The Balaban J connectivity index is 1.92. The standard InChI is InChI=1S/C16H24N2O2/c1-11-10-14(15(16(19)20)12(2)18-11)17-9-5-8-13-6-3-4-7-13/h10,13H,3-9H2,1-2H3,(H,17,18)(H,19,20). The third-order valence-electron chi connectivity index (χ3n) is 4.12. The summed E-state index contributed by atoms with van der Waals surface area (Å²) < 4.78 is 0. The fourth-order valence-corrected chi connectivity index (χ4v) is 3.15. The van der Waals surface area contributed by atoms with Crippen LogP contribution in [-0.4, -0.2) is 22.6 Å². The van der Waals surface area contributed by atoms with Crippen molar-refractivity contribution >= 4 is 11.7 Å². The molecule has 1 heterocycles. The van der Waals surface area contributed by atoms with Gasteiger partial charge in [0.05, 0.1) is 11.4 Å². The summed E-state index contributed by atoms with van der Waals surface area (Å²) in [6.45, 7) is 4.47. The summed E-state index contributed by atoms with van der Waals surface area (Å²) in [6.07, 6.45) is 7.85. The molecule has 4 heteroatoms. The number of carboxylic acid groups (broad SMARTS) is 1. The minimum absolute atomic E-state index is 0.302. The topological polar surface area (TPSA) is 62.2 Å². The number of rotatable bonds is 6. The van der Waals surface area contributed by atoms with Crippen molar-refractivity contribution in [3.05, 3.63) is 23.0 Å². The van der Waals surface area contributed by atoms with Crippen molar-refractivity contribution < 1.29 is 9.90 Å². The zero-order valence-electron chi connectivity index (χ0n) is 12.4. The van der Waals surface area contributed by atoms with Crippen molar-refractivity contribution in [1.29, 1.82) is 0 Å². The van der Waals surface area contributed by atoms with Gasteiger partial charge in [-0.3, -0.25) is 4.98 Å². The Morgan fingerprint density at radius 2 is 2.10 bits per heavy atom. The molecule has 0 amide bonds. The van der Waals surface area contributed by atoms with Gasteiger partial charge in [-0.15, -0.1) is 0 Å². The molecule has 0 bridgehead atoms. The smallest absolute Gasteiger partial charge is 0.339 e. The monoisotopic (exact) mass is 276 g/mol. The Bertz CT molecular complexity index is 480. The number of carboxylic acids is 1. The molecule has 20 heavy (non-hydrogen) atoms. The molecule has 1 fully saturated rings. The van der Waals surface area contributed by atoms with Gasteiger partial charge in [0.2, 0.25) is 0 Å². The van der Waals surface area contributed by atoms with E-state index in [4.69, 9.17) is 0 Å². The van der Waals surface area contributed by atoms with E-state index in [1.54, 1.807) is 6.92 Å². The van der Waals surface area contributed by atoms with Crippen LogP contribution >= 0.6 is 0 Å². The van der Waals surface area contributed by atoms with Crippen LogP contribution < -0.4 is 5.32 Å². The van der Waals surface area contributed by atoms with Crippen LogP contribution in [0.2, 0.25) is 0 Å². The maximum absolute atomic E-state index is 11.3. The molecule has 2 rings (SSSR count). The van der Waals surface area contributed by atoms with Gasteiger partial charge >= 0.3 is 5.97 Å². The highest BCUT2D eigenvalue weighted by atomic mass is 16.4. The number of hydrogen-bond acceptors (Lipinski definition) is 3. The van der Waals surface area contributed by atoms with Crippen LogP contribution in [0.25, 0.3) is 0 Å². The summed E-state index contributed by atoms with van der Waals surface area (Å²) in [4.78, 5) is 15.5. The van der Waals surface area contributed by atoms with E-state index in [2.05, 4.69) is 10.3 Å². The second kappa shape index (κ2) is 6.73. The lowest BCUT2D eigenvalue weighted by atomic mass is 10.0. The highest BCUT2D eigenvalue weighted by Gasteiger charge is 2.16. The van der Waals surface area contributed by atoms with Crippen molar-refractivity contribution in [3.8, 4) is 0 Å². The molecule has 0 spiro atoms. The Morgan fingerprint density at radius 3 is 2.75 bits per heavy atom. The number of aromatic carboxylic acids is 1. The minimum atomic E-state index is -0.909. The number of anilines is 1. The maximum atomic E-state index is 11.3. The molecule has 4 nitrogen and oxygen atoms in total. The highest BCUT2D eigenvalue weighted by molar-refractivity contribution is 5.95. The van der Waals surface area contributed by atoms with Crippen molar-refractivity contribution in [2.75, 3.05) is 11.9 Å². The first-order chi connectivity index (χ1) is 9.58. The van der Waals surface area contributed by atoms with E-state index in [0.29, 0.717) is 16.9 Å². The molecule has 0 unspecified atom stereocenters. The molecule has 1 aromatic heterocycles. The van der Waals surface area contributed by atoms with Gasteiger partial charge in [0, 0.05) is 12.2 Å². The lowest BCUT2D eigenvalue weighted by molar-refractivity contribution is 0.0696. The van der Waals surface area contributed by atoms with Crippen molar-refractivity contribution in [2.45, 2.75) is 52.4 Å². The number of pyridine rings is 1. The molecular weight excluding hydrogens is 252 g/mol. The number of aryl methyl sites for hydroxylation is 2. The lowest BCUT2D eigenvalue weighted by Crippen LogP contribution is -2.12. The van der Waals surface area contributed by atoms with Crippen LogP contribution in [0, 0.1) is 19.8 Å². The fraction of sp³-hybridized carbons (Fsp3) is 0.625. The third kappa shape index (κ3) is 3.71. The summed E-state index contributed by atoms with van der Waals surface area (Å²) in [5, 5.41) is 12.6. The van der Waals surface area contributed by atoms with E-state index < -0.39 is 5.97 Å². The average molecular weight is 276 g/mol. The average Bonchev–Trinajstić information content (AvgIpc) is 2.86. The first kappa shape index (κ1) is 14.8. The molecule has 1 aromatic rings. The predicted molar refractivity (Wildman–Crippen MR) is 80.4 cm³/mol. The molecule has 110 valence electrons. The zero-order valence-corrected chi connectivity index (χ0v) is 12.4. The van der Waals surface area contributed by atoms with Gasteiger partial charge in [-0.2, -0.15) is 0 Å². The molecular formula is C16H24N2O2. The molecule has 0 saturated heterocycles. The first-order valence-corrected chi connectivity index (χ1v) is 7.53. The van der Waals surface area contributed by atoms with Gasteiger partial charge in [0.1, 0.15) is 5.56 Å². The molecule has 0 aromatic carbocycles. The third-order valence-corrected chi connectivity index (χ3v) is 4.12. The molecule has 2 N–H and O–H groups in total. The Labute approximate surface area is 120 Å². The summed E-state index contributed by atoms with van der Waals surface area (Å²) >= 11 is 0. The van der Waals surface area contributed by atoms with Crippen LogP contribution in [0.15, 0.2) is 6.07 Å². The van der Waals surface area contributed by atoms with E-state index in [1.165, 1.54) is 32.1 Å². The first-order valence-electron chi connectivity index (χ1n) is 7.53. The normalized spacial score (nSPS) is 15.5. The van der Waals surface area contributed by atoms with Crippen molar-refractivity contribution in [1.82, 2.24) is 4.98 Å². The molecule has 1 saturated carbocycles. The molecule has 0 radical (unpaired) electrons. The van der Waals surface area contributed by atoms with Gasteiger partial charge in [0.15, 0.2) is 0 Å². The quantitative estimate of drug-likeness (QED) is 0.776. The second-order valence-corrected chi connectivity index (χ2v) is 5.80. The summed E-state index contributed by atoms with van der Waals surface area (Å²) in [5.41, 5.74) is 2.44. The molecule has 1 aliphatic rings. The molecule has 0 atom stereocenters. The fourth-order valence-electron chi connectivity index (χ4n) is 3.15. The van der Waals surface area contributed by atoms with E-state index >= 15 is 0 Å². The van der Waals surface area contributed by atoms with Crippen LogP contribution in [-0.2, 0) is 0 Å². The van der Waals surface area contributed by atoms with E-state index in [9.17, 15) is 9.90 Å². The number of carbonyl (C=O) groups is 1. The van der Waals surface area contributed by atoms with Gasteiger partial charge < -0.3 is 10.4 Å². The lowest BCUT2D eigenvalue weighted by Gasteiger charge is -2.13. The van der Waals surface area contributed by atoms with Crippen LogP contribution in [0.3, 0.4) is 0 Å². The van der Waals surface area contributed by atoms with Crippen molar-refractivity contribution in [3.63, 3.8) is 0 Å². The highest BCUT2D eigenvalue weighted by Crippen LogP contribution is 2.28. The Kier molecular flexibility index (Phi) is 4.99. The van der Waals surface area contributed by atoms with E-state index in [-0.39, 0.29) is 0 Å². The van der Waals surface area contributed by atoms with Crippen LogP contribution in [0.5, 0.6) is 0 Å². The van der Waals surface area contributed by atoms with Crippen molar-refractivity contribution in [2.24, 2.45) is 5.92 Å². The summed E-state index contributed by atoms with van der Waals surface area (Å²) in [6, 6.07) is 1.83. The summed E-state index contributed by atoms with van der Waals surface area (Å²) in [7, 11) is 0. The SMILES string of the molecule is Cc1cc(NCCCC2CCCC2)c(C(=O)O)c(C)n1. The van der Waals surface area contributed by atoms with E-state index in [0.717, 1.165) is 24.6 Å². The minimum Gasteiger partial charge on any atom is -0.478 e. The van der Waals surface area contributed by atoms with Crippen LogP contribution in [0.1, 0.15) is 60.3 Å². The maximum Gasteiger partial charge on any atom is 0.339 e. The van der Waals surface area contributed by atoms with Gasteiger partial charge in [-0.05, 0) is 38.7 Å². The summed E-state index contributed by atoms with van der Waals surface area (Å²) in [5.74, 6) is -0.0232. The Hall–Kier alpha value is -1.58. The predicted octanol–water partition coefficient (Wildman–Crippen LogP) is 3.78. The van der Waals surface area contributed by atoms with Gasteiger partial charge in [-0.1, -0.05) is 25.7 Å². The Morgan fingerprint density at radius 1 is 1.40 bits per heavy atom. The van der Waals surface area contributed by atoms with Gasteiger partial charge in [0.25, 0.3) is 0 Å². The van der Waals surface area contributed by atoms with E-state index in [1.807, 2.05) is 13.0 Å². The molecule has 0 aliphatic heterocycles. The number of nitrogens with zero attached hydrogens (tertiary/aromatic N) is 1. The molecule has 1 aliphatic carbocycles. The largest absolute Gasteiger partial charge is 0.478 e. The number of nitrogens with one attached hydrogen (secondary N) is 1. The van der Waals surface area contributed by atoms with Gasteiger partial charge in [-0.25, -0.2) is 4.79 Å². The van der Waals surface area contributed by atoms with Crippen LogP contribution in [0.4, 0.5) is 5.69 Å². The zero-order chi connectivity index (χ0) is 14.5. The number of aromatic nitrogens is 1. The second-order valence-electron chi connectivity index (χ2n) is 5.80.